The Bertz CT molecular complexity index is 610. The van der Waals surface area contributed by atoms with Crippen LogP contribution in [-0.4, -0.2) is 37.2 Å². The minimum absolute atomic E-state index is 0.0875. The van der Waals surface area contributed by atoms with Crippen LogP contribution in [0.5, 0.6) is 0 Å². The molecular weight excluding hydrogens is 308 g/mol. The van der Waals surface area contributed by atoms with Crippen molar-refractivity contribution >= 4 is 5.97 Å². The second-order valence-electron chi connectivity index (χ2n) is 5.64. The molecule has 0 saturated carbocycles. The van der Waals surface area contributed by atoms with Gasteiger partial charge in [0.2, 0.25) is 5.60 Å². The van der Waals surface area contributed by atoms with Crippen LogP contribution >= 0.6 is 0 Å². The third-order valence-corrected chi connectivity index (χ3v) is 4.05. The molecular formula is C19H20O5. The van der Waals surface area contributed by atoms with Gasteiger partial charge < -0.3 is 19.3 Å². The molecule has 0 aliphatic carbocycles. The van der Waals surface area contributed by atoms with Gasteiger partial charge >= 0.3 is 5.97 Å². The lowest BCUT2D eigenvalue weighted by Gasteiger charge is -2.29. The third-order valence-electron chi connectivity index (χ3n) is 4.05. The first-order chi connectivity index (χ1) is 11.7. The molecule has 1 atom stereocenters. The molecule has 2 aromatic carbocycles. The molecule has 0 radical (unpaired) electrons. The number of ether oxygens (including phenoxy) is 3. The monoisotopic (exact) mass is 328 g/mol. The Kier molecular flexibility index (Phi) is 5.25. The van der Waals surface area contributed by atoms with Gasteiger partial charge in [-0.3, -0.25) is 0 Å². The van der Waals surface area contributed by atoms with Crippen molar-refractivity contribution in [1.29, 1.82) is 0 Å². The number of carbonyl (C=O) groups excluding carboxylic acids is 1. The second-order valence-corrected chi connectivity index (χ2v) is 5.64. The summed E-state index contributed by atoms with van der Waals surface area (Å²) < 4.78 is 15.9. The minimum atomic E-state index is -1.85. The fourth-order valence-corrected chi connectivity index (χ4v) is 2.67. The lowest BCUT2D eigenvalue weighted by Crippen LogP contribution is -2.40. The topological polar surface area (TPSA) is 65.0 Å². The zero-order valence-corrected chi connectivity index (χ0v) is 13.3. The van der Waals surface area contributed by atoms with Crippen molar-refractivity contribution in [1.82, 2.24) is 0 Å². The Morgan fingerprint density at radius 2 is 1.67 bits per heavy atom. The van der Waals surface area contributed by atoms with Crippen molar-refractivity contribution in [2.45, 2.75) is 18.1 Å². The first-order valence-electron chi connectivity index (χ1n) is 7.91. The molecule has 126 valence electrons. The van der Waals surface area contributed by atoms with E-state index in [9.17, 15) is 9.90 Å². The van der Waals surface area contributed by atoms with E-state index in [0.717, 1.165) is 0 Å². The summed E-state index contributed by atoms with van der Waals surface area (Å²) in [7, 11) is 0. The Morgan fingerprint density at radius 1 is 1.08 bits per heavy atom. The van der Waals surface area contributed by atoms with Crippen LogP contribution in [0.25, 0.3) is 0 Å². The van der Waals surface area contributed by atoms with Gasteiger partial charge in [-0.2, -0.15) is 0 Å². The summed E-state index contributed by atoms with van der Waals surface area (Å²) in [6.45, 7) is 0.859. The predicted octanol–water partition coefficient (Wildman–Crippen LogP) is 2.23. The molecule has 2 aromatic rings. The molecule has 5 nitrogen and oxygen atoms in total. The van der Waals surface area contributed by atoms with Crippen molar-refractivity contribution in [3.05, 3.63) is 71.8 Å². The summed E-state index contributed by atoms with van der Waals surface area (Å²) >= 11 is 0. The van der Waals surface area contributed by atoms with Gasteiger partial charge in [-0.15, -0.1) is 0 Å². The molecule has 1 aliphatic rings. The highest BCUT2D eigenvalue weighted by molar-refractivity contribution is 5.85. The first kappa shape index (κ1) is 16.6. The molecule has 1 saturated heterocycles. The second kappa shape index (κ2) is 7.57. The summed E-state index contributed by atoms with van der Waals surface area (Å²) in [4.78, 5) is 12.7. The smallest absolute Gasteiger partial charge is 0.347 e. The van der Waals surface area contributed by atoms with Gasteiger partial charge in [0.25, 0.3) is 0 Å². The van der Waals surface area contributed by atoms with E-state index in [-0.39, 0.29) is 19.5 Å². The number of benzene rings is 2. The highest BCUT2D eigenvalue weighted by Crippen LogP contribution is 2.31. The molecule has 0 bridgehead atoms. The van der Waals surface area contributed by atoms with Crippen LogP contribution in [-0.2, 0) is 24.6 Å². The zero-order chi connectivity index (χ0) is 16.8. The van der Waals surface area contributed by atoms with Crippen LogP contribution in [0.3, 0.4) is 0 Å². The number of carbonyl (C=O) groups is 1. The quantitative estimate of drug-likeness (QED) is 0.853. The molecule has 0 aromatic heterocycles. The van der Waals surface area contributed by atoms with E-state index in [1.54, 1.807) is 48.5 Å². The Morgan fingerprint density at radius 3 is 2.17 bits per heavy atom. The fourth-order valence-electron chi connectivity index (χ4n) is 2.67. The molecule has 0 spiro atoms. The van der Waals surface area contributed by atoms with Crippen molar-refractivity contribution in [3.63, 3.8) is 0 Å². The molecule has 0 amide bonds. The summed E-state index contributed by atoms with van der Waals surface area (Å²) in [5, 5.41) is 11.2. The average Bonchev–Trinajstić information content (AvgIpc) is 2.67. The molecule has 1 fully saturated rings. The maximum atomic E-state index is 12.7. The summed E-state index contributed by atoms with van der Waals surface area (Å²) in [6, 6.07) is 17.6. The van der Waals surface area contributed by atoms with Crippen molar-refractivity contribution in [2.24, 2.45) is 0 Å². The first-order valence-corrected chi connectivity index (χ1v) is 7.91. The maximum Gasteiger partial charge on any atom is 0.347 e. The highest BCUT2D eigenvalue weighted by atomic mass is 16.7. The average molecular weight is 328 g/mol. The summed E-state index contributed by atoms with van der Waals surface area (Å²) in [5.41, 5.74) is -0.920. The van der Waals surface area contributed by atoms with Crippen LogP contribution < -0.4 is 0 Å². The van der Waals surface area contributed by atoms with Crippen LogP contribution in [0.2, 0.25) is 0 Å². The van der Waals surface area contributed by atoms with Crippen molar-refractivity contribution in [2.75, 3.05) is 20.0 Å². The number of hydrogen-bond acceptors (Lipinski definition) is 5. The van der Waals surface area contributed by atoms with E-state index in [4.69, 9.17) is 14.2 Å². The normalized spacial score (nSPS) is 18.1. The van der Waals surface area contributed by atoms with Gasteiger partial charge in [0.05, 0.1) is 12.7 Å². The van der Waals surface area contributed by atoms with Gasteiger partial charge in [-0.05, 0) is 11.1 Å². The molecule has 5 heteroatoms. The largest absolute Gasteiger partial charge is 0.460 e. The predicted molar refractivity (Wildman–Crippen MR) is 87.2 cm³/mol. The molecule has 24 heavy (non-hydrogen) atoms. The molecule has 1 N–H and O–H groups in total. The maximum absolute atomic E-state index is 12.7. The lowest BCUT2D eigenvalue weighted by atomic mass is 9.86. The van der Waals surface area contributed by atoms with Crippen molar-refractivity contribution < 1.29 is 24.1 Å². The van der Waals surface area contributed by atoms with Gasteiger partial charge in [0.15, 0.2) is 0 Å². The van der Waals surface area contributed by atoms with Gasteiger partial charge in [0, 0.05) is 6.42 Å². The van der Waals surface area contributed by atoms with Gasteiger partial charge in [-0.25, -0.2) is 4.79 Å². The van der Waals surface area contributed by atoms with Gasteiger partial charge in [0.1, 0.15) is 13.4 Å². The zero-order valence-electron chi connectivity index (χ0n) is 13.3. The Balaban J connectivity index is 1.83. The summed E-state index contributed by atoms with van der Waals surface area (Å²) in [5.74, 6) is -0.713. The van der Waals surface area contributed by atoms with E-state index in [0.29, 0.717) is 24.2 Å². The number of hydrogen-bond donors (Lipinski definition) is 1. The van der Waals surface area contributed by atoms with Crippen LogP contribution in [0.1, 0.15) is 17.5 Å². The van der Waals surface area contributed by atoms with E-state index in [2.05, 4.69) is 0 Å². The van der Waals surface area contributed by atoms with E-state index >= 15 is 0 Å². The molecule has 1 heterocycles. The van der Waals surface area contributed by atoms with Crippen LogP contribution in [0.15, 0.2) is 60.7 Å². The van der Waals surface area contributed by atoms with E-state index < -0.39 is 11.6 Å². The Labute approximate surface area is 140 Å². The van der Waals surface area contributed by atoms with Gasteiger partial charge in [-0.1, -0.05) is 60.7 Å². The van der Waals surface area contributed by atoms with E-state index in [1.165, 1.54) is 0 Å². The fraction of sp³-hybridized carbons (Fsp3) is 0.316. The molecule has 1 aliphatic heterocycles. The van der Waals surface area contributed by atoms with Crippen LogP contribution in [0, 0.1) is 0 Å². The van der Waals surface area contributed by atoms with E-state index in [1.807, 2.05) is 12.1 Å². The number of rotatable bonds is 5. The lowest BCUT2D eigenvalue weighted by molar-refractivity contribution is -0.180. The number of esters is 1. The SMILES string of the molecule is O=C(OC[C@H]1CCOCO1)C(O)(c1ccccc1)c1ccccc1. The minimum Gasteiger partial charge on any atom is -0.460 e. The van der Waals surface area contributed by atoms with Crippen LogP contribution in [0.4, 0.5) is 0 Å². The third kappa shape index (κ3) is 3.48. The molecule has 3 rings (SSSR count). The standard InChI is InChI=1S/C19H20O5/c20-18(23-13-17-11-12-22-14-24-17)19(21,15-7-3-1-4-8-15)16-9-5-2-6-10-16/h1-10,17,21H,11-14H2/t17-/m1/s1. The molecule has 0 unspecified atom stereocenters. The highest BCUT2D eigenvalue weighted by Gasteiger charge is 2.41. The Hall–Kier alpha value is -2.21. The number of aliphatic hydroxyl groups is 1. The van der Waals surface area contributed by atoms with Crippen molar-refractivity contribution in [3.8, 4) is 0 Å². The summed E-state index contributed by atoms with van der Waals surface area (Å²) in [6.07, 6.45) is 0.445.